The van der Waals surface area contributed by atoms with E-state index in [1.807, 2.05) is 0 Å². The number of rotatable bonds is 2. The Bertz CT molecular complexity index is 775. The number of benzene rings is 1. The van der Waals surface area contributed by atoms with Crippen LogP contribution >= 0.6 is 0 Å². The first-order chi connectivity index (χ1) is 10.4. The highest BCUT2D eigenvalue weighted by Gasteiger charge is 2.44. The number of hydrogen-bond donors (Lipinski definition) is 1. The van der Waals surface area contributed by atoms with Gasteiger partial charge in [-0.05, 0) is 42.3 Å². The monoisotopic (exact) mass is 298 g/mol. The smallest absolute Gasteiger partial charge is 0.261 e. The summed E-state index contributed by atoms with van der Waals surface area (Å²) in [5.74, 6) is -0.450. The fourth-order valence-corrected chi connectivity index (χ4v) is 2.55. The number of carbonyl (C=O) groups is 1. The minimum Gasteiger partial charge on any atom is -0.369 e. The summed E-state index contributed by atoms with van der Waals surface area (Å²) in [6.07, 6.45) is 3.18. The van der Waals surface area contributed by atoms with Crippen molar-refractivity contribution < 1.29 is 9.18 Å². The van der Waals surface area contributed by atoms with E-state index in [0.717, 1.165) is 0 Å². The number of aromatic nitrogens is 1. The highest BCUT2D eigenvalue weighted by molar-refractivity contribution is 6.06. The molecule has 3 rings (SSSR count). The molecule has 2 N–H and O–H groups in total. The van der Waals surface area contributed by atoms with Crippen LogP contribution < -0.4 is 5.73 Å². The van der Waals surface area contributed by atoms with Crippen LogP contribution in [0.25, 0.3) is 11.1 Å². The normalized spacial score (nSPS) is 21.1. The maximum absolute atomic E-state index is 14.1. The number of halogens is 1. The molecule has 5 nitrogen and oxygen atoms in total. The predicted molar refractivity (Wildman–Crippen MR) is 81.4 cm³/mol. The van der Waals surface area contributed by atoms with Gasteiger partial charge in [0.15, 0.2) is 11.5 Å². The van der Waals surface area contributed by atoms with Crippen LogP contribution in [0.15, 0.2) is 47.7 Å². The summed E-state index contributed by atoms with van der Waals surface area (Å²) in [5.41, 5.74) is 6.29. The third-order valence-electron chi connectivity index (χ3n) is 3.92. The standard InChI is InChI=1S/C16H15FN4O/c1-16(14(22)21(2)15(18)20-16)11-3-4-13(17)12(9-11)10-5-7-19-8-6-10/h3-9H,1-2H3,(H2,18,20). The minimum absolute atomic E-state index is 0.155. The van der Waals surface area contributed by atoms with Crippen LogP contribution in [0.4, 0.5) is 4.39 Å². The summed E-state index contributed by atoms with van der Waals surface area (Å²) < 4.78 is 14.1. The molecule has 1 aromatic heterocycles. The van der Waals surface area contributed by atoms with Crippen LogP contribution in [0.5, 0.6) is 0 Å². The van der Waals surface area contributed by atoms with Crippen LogP contribution in [-0.4, -0.2) is 28.8 Å². The summed E-state index contributed by atoms with van der Waals surface area (Å²) in [7, 11) is 1.57. The molecule has 0 fully saturated rings. The Morgan fingerprint density at radius 2 is 1.91 bits per heavy atom. The van der Waals surface area contributed by atoms with E-state index in [2.05, 4.69) is 9.98 Å². The van der Waals surface area contributed by atoms with E-state index in [1.165, 1.54) is 11.0 Å². The van der Waals surface area contributed by atoms with Crippen LogP contribution in [-0.2, 0) is 10.3 Å². The maximum Gasteiger partial charge on any atom is 0.261 e. The van der Waals surface area contributed by atoms with Crippen molar-refractivity contribution in [3.63, 3.8) is 0 Å². The fourth-order valence-electron chi connectivity index (χ4n) is 2.55. The third kappa shape index (κ3) is 2.04. The van der Waals surface area contributed by atoms with Gasteiger partial charge in [0.1, 0.15) is 5.82 Å². The Balaban J connectivity index is 2.13. The van der Waals surface area contributed by atoms with E-state index in [9.17, 15) is 9.18 Å². The van der Waals surface area contributed by atoms with Crippen molar-refractivity contribution in [3.8, 4) is 11.1 Å². The van der Waals surface area contributed by atoms with Gasteiger partial charge in [0, 0.05) is 25.0 Å². The van der Waals surface area contributed by atoms with Crippen molar-refractivity contribution in [2.45, 2.75) is 12.5 Å². The number of aliphatic imine (C=N–C) groups is 1. The number of likely N-dealkylation sites (N-methyl/N-ethyl adjacent to an activating group) is 1. The fraction of sp³-hybridized carbons (Fsp3) is 0.188. The molecule has 2 aromatic rings. The average Bonchev–Trinajstić information content (AvgIpc) is 2.73. The van der Waals surface area contributed by atoms with E-state index >= 15 is 0 Å². The molecule has 6 heteroatoms. The molecule has 22 heavy (non-hydrogen) atoms. The van der Waals surface area contributed by atoms with E-state index in [0.29, 0.717) is 16.7 Å². The van der Waals surface area contributed by atoms with E-state index in [4.69, 9.17) is 5.73 Å². The second-order valence-corrected chi connectivity index (χ2v) is 5.34. The summed E-state index contributed by atoms with van der Waals surface area (Å²) in [6, 6.07) is 7.97. The van der Waals surface area contributed by atoms with Gasteiger partial charge in [-0.2, -0.15) is 0 Å². The number of amides is 1. The maximum atomic E-state index is 14.1. The van der Waals surface area contributed by atoms with Crippen molar-refractivity contribution in [1.29, 1.82) is 0 Å². The number of hydrogen-bond acceptors (Lipinski definition) is 4. The Morgan fingerprint density at radius 1 is 1.23 bits per heavy atom. The quantitative estimate of drug-likeness (QED) is 0.920. The summed E-state index contributed by atoms with van der Waals surface area (Å²) in [5, 5.41) is 0. The zero-order valence-electron chi connectivity index (χ0n) is 12.2. The largest absolute Gasteiger partial charge is 0.369 e. The van der Waals surface area contributed by atoms with Crippen molar-refractivity contribution >= 4 is 11.9 Å². The first-order valence-corrected chi connectivity index (χ1v) is 6.77. The highest BCUT2D eigenvalue weighted by atomic mass is 19.1. The lowest BCUT2D eigenvalue weighted by Crippen LogP contribution is -2.38. The van der Waals surface area contributed by atoms with Crippen molar-refractivity contribution in [1.82, 2.24) is 9.88 Å². The molecule has 0 saturated heterocycles. The second-order valence-electron chi connectivity index (χ2n) is 5.34. The van der Waals surface area contributed by atoms with Crippen molar-refractivity contribution in [2.75, 3.05) is 7.05 Å². The van der Waals surface area contributed by atoms with Gasteiger partial charge in [0.2, 0.25) is 0 Å². The number of nitrogens with zero attached hydrogens (tertiary/aromatic N) is 3. The van der Waals surface area contributed by atoms with Gasteiger partial charge >= 0.3 is 0 Å². The molecule has 0 radical (unpaired) electrons. The first kappa shape index (κ1) is 14.2. The van der Waals surface area contributed by atoms with E-state index in [-0.39, 0.29) is 17.7 Å². The van der Waals surface area contributed by atoms with E-state index in [1.54, 1.807) is 50.6 Å². The second kappa shape index (κ2) is 4.91. The number of guanidine groups is 1. The summed E-state index contributed by atoms with van der Waals surface area (Å²) in [4.78, 5) is 21.9. The molecule has 2 heterocycles. The molecule has 0 aliphatic carbocycles. The number of pyridine rings is 1. The summed E-state index contributed by atoms with van der Waals surface area (Å²) >= 11 is 0. The van der Waals surface area contributed by atoms with Crippen LogP contribution in [0.2, 0.25) is 0 Å². The van der Waals surface area contributed by atoms with E-state index < -0.39 is 5.54 Å². The summed E-state index contributed by atoms with van der Waals surface area (Å²) in [6.45, 7) is 1.68. The molecular formula is C16H15FN4O. The average molecular weight is 298 g/mol. The lowest BCUT2D eigenvalue weighted by atomic mass is 9.89. The zero-order valence-corrected chi connectivity index (χ0v) is 12.2. The van der Waals surface area contributed by atoms with Gasteiger partial charge in [-0.1, -0.05) is 6.07 Å². The van der Waals surface area contributed by atoms with Crippen LogP contribution in [0.3, 0.4) is 0 Å². The molecule has 0 spiro atoms. The molecule has 1 atom stereocenters. The number of nitrogens with two attached hydrogens (primary N) is 1. The SMILES string of the molecule is CN1C(=O)C(C)(c2ccc(F)c(-c3ccncc3)c2)N=C1N. The van der Waals surface area contributed by atoms with Gasteiger partial charge in [-0.15, -0.1) is 0 Å². The Labute approximate surface area is 127 Å². The Hall–Kier alpha value is -2.76. The lowest BCUT2D eigenvalue weighted by molar-refractivity contribution is -0.130. The molecule has 1 aliphatic rings. The molecule has 0 saturated carbocycles. The van der Waals surface area contributed by atoms with Crippen LogP contribution in [0.1, 0.15) is 12.5 Å². The van der Waals surface area contributed by atoms with Crippen molar-refractivity contribution in [2.24, 2.45) is 10.7 Å². The molecule has 1 unspecified atom stereocenters. The molecule has 0 bridgehead atoms. The number of carbonyl (C=O) groups excluding carboxylic acids is 1. The topological polar surface area (TPSA) is 71.6 Å². The molecule has 112 valence electrons. The lowest BCUT2D eigenvalue weighted by Gasteiger charge is -2.21. The van der Waals surface area contributed by atoms with Gasteiger partial charge in [0.25, 0.3) is 5.91 Å². The Kier molecular flexibility index (Phi) is 3.16. The Morgan fingerprint density at radius 3 is 2.50 bits per heavy atom. The molecule has 1 aliphatic heterocycles. The van der Waals surface area contributed by atoms with Gasteiger partial charge in [-0.3, -0.25) is 14.7 Å². The molecule has 1 aromatic carbocycles. The van der Waals surface area contributed by atoms with Gasteiger partial charge in [-0.25, -0.2) is 9.38 Å². The minimum atomic E-state index is -1.13. The van der Waals surface area contributed by atoms with Crippen molar-refractivity contribution in [3.05, 3.63) is 54.1 Å². The van der Waals surface area contributed by atoms with Gasteiger partial charge in [0.05, 0.1) is 0 Å². The molecule has 1 amide bonds. The predicted octanol–water partition coefficient (Wildman–Crippen LogP) is 1.89. The zero-order chi connectivity index (χ0) is 15.9. The first-order valence-electron chi connectivity index (χ1n) is 6.77. The van der Waals surface area contributed by atoms with Crippen LogP contribution in [0, 0.1) is 5.82 Å². The van der Waals surface area contributed by atoms with Gasteiger partial charge < -0.3 is 5.73 Å². The third-order valence-corrected chi connectivity index (χ3v) is 3.92. The molecular weight excluding hydrogens is 283 g/mol. The highest BCUT2D eigenvalue weighted by Crippen LogP contribution is 2.35.